The second-order valence-electron chi connectivity index (χ2n) is 18.7. The maximum Gasteiger partial charge on any atom is 0.179 e. The highest BCUT2D eigenvalue weighted by Gasteiger charge is 2.13. The van der Waals surface area contributed by atoms with Crippen LogP contribution in [0.15, 0.2) is 202 Å². The Kier molecular flexibility index (Phi) is 14.1. The minimum atomic E-state index is 0.505. The van der Waals surface area contributed by atoms with Crippen molar-refractivity contribution in [1.82, 2.24) is 80.7 Å². The molecule has 83 heavy (non-hydrogen) atoms. The first-order chi connectivity index (χ1) is 40.8. The molecule has 8 N–H and O–H groups in total. The normalized spacial score (nSPS) is 11.1. The Hall–Kier alpha value is -11.3. The number of hydrogen-bond donors (Lipinski definition) is 8. The molecule has 402 valence electrons. The Labute approximate surface area is 479 Å². The fourth-order valence-electron chi connectivity index (χ4n) is 9.14. The smallest absolute Gasteiger partial charge is 0.179 e. The van der Waals surface area contributed by atoms with Crippen LogP contribution in [0.3, 0.4) is 0 Å². The molecule has 0 unspecified atom stereocenters. The number of H-pyrrole nitrogens is 4. The van der Waals surface area contributed by atoms with Gasteiger partial charge in [0.25, 0.3) is 0 Å². The second kappa shape index (κ2) is 22.8. The summed E-state index contributed by atoms with van der Waals surface area (Å²) >= 11 is 12.5. The Morgan fingerprint density at radius 1 is 0.422 bits per heavy atom. The molecule has 21 nitrogen and oxygen atoms in total. The van der Waals surface area contributed by atoms with E-state index < -0.39 is 0 Å². The lowest BCUT2D eigenvalue weighted by atomic mass is 10.1. The van der Waals surface area contributed by atoms with Crippen molar-refractivity contribution in [3.63, 3.8) is 0 Å². The van der Waals surface area contributed by atoms with Crippen LogP contribution in [0.4, 0.5) is 46.2 Å². The van der Waals surface area contributed by atoms with Gasteiger partial charge >= 0.3 is 0 Å². The van der Waals surface area contributed by atoms with Crippen LogP contribution in [0.2, 0.25) is 10.2 Å². The minimum Gasteiger partial charge on any atom is -0.337 e. The monoisotopic (exact) mass is 1130 g/mol. The van der Waals surface area contributed by atoms with Crippen LogP contribution in [-0.2, 0) is 7.05 Å². The van der Waals surface area contributed by atoms with Gasteiger partial charge in [0.1, 0.15) is 40.1 Å². The third-order valence-electron chi connectivity index (χ3n) is 13.2. The van der Waals surface area contributed by atoms with Crippen molar-refractivity contribution in [2.75, 3.05) is 21.3 Å². The number of pyridine rings is 9. The van der Waals surface area contributed by atoms with Crippen molar-refractivity contribution < 1.29 is 4.57 Å². The first-order valence-electron chi connectivity index (χ1n) is 25.7. The zero-order valence-corrected chi connectivity index (χ0v) is 45.1. The zero-order chi connectivity index (χ0) is 56.1. The summed E-state index contributed by atoms with van der Waals surface area (Å²) < 4.78 is 2.04. The summed E-state index contributed by atoms with van der Waals surface area (Å²) in [6.07, 6.45) is 19.8. The number of nitrogens with zero attached hydrogens (tertiary/aromatic N) is 13. The van der Waals surface area contributed by atoms with Gasteiger partial charge in [-0.25, -0.2) is 14.5 Å². The highest BCUT2D eigenvalue weighted by molar-refractivity contribution is 6.38. The van der Waals surface area contributed by atoms with Gasteiger partial charge in [0.05, 0.1) is 38.3 Å². The van der Waals surface area contributed by atoms with E-state index >= 15 is 0 Å². The molecule has 0 atom stereocenters. The summed E-state index contributed by atoms with van der Waals surface area (Å²) in [5.41, 5.74) is 10.4. The molecule has 0 saturated carbocycles. The van der Waals surface area contributed by atoms with Gasteiger partial charge < -0.3 is 21.3 Å². The van der Waals surface area contributed by atoms with E-state index in [4.69, 9.17) is 23.2 Å². The van der Waals surface area contributed by atoms with Crippen LogP contribution < -0.4 is 25.8 Å². The number of hydrogen-bond acceptors (Lipinski definition) is 16. The highest BCUT2D eigenvalue weighted by atomic mass is 35.5. The van der Waals surface area contributed by atoms with Gasteiger partial charge in [0, 0.05) is 100 Å². The maximum absolute atomic E-state index is 6.46. The highest BCUT2D eigenvalue weighted by Crippen LogP contribution is 2.34. The number of benzene rings is 3. The average molecular weight is 1130 g/mol. The number of halogens is 2. The average Bonchev–Trinajstić information content (AvgIpc) is 4.42. The molecule has 0 fully saturated rings. The van der Waals surface area contributed by atoms with Gasteiger partial charge in [-0.15, -0.1) is 0 Å². The molecular weight excluding hydrogens is 1090 g/mol. The third-order valence-corrected chi connectivity index (χ3v) is 13.9. The summed E-state index contributed by atoms with van der Waals surface area (Å²) in [6.45, 7) is 0. The van der Waals surface area contributed by atoms with Crippen LogP contribution in [0.25, 0.3) is 87.4 Å². The van der Waals surface area contributed by atoms with Crippen molar-refractivity contribution in [3.05, 3.63) is 212 Å². The van der Waals surface area contributed by atoms with Gasteiger partial charge in [0.15, 0.2) is 35.7 Å². The quantitative estimate of drug-likeness (QED) is 0.0519. The molecule has 0 saturated heterocycles. The molecule has 23 heteroatoms. The van der Waals surface area contributed by atoms with E-state index in [2.05, 4.69) is 126 Å². The van der Waals surface area contributed by atoms with Gasteiger partial charge in [-0.2, -0.15) is 20.4 Å². The summed E-state index contributed by atoms with van der Waals surface area (Å²) in [5, 5.41) is 50.2. The number of anilines is 8. The molecule has 0 aliphatic carbocycles. The minimum absolute atomic E-state index is 0.505. The molecule has 16 rings (SSSR count). The van der Waals surface area contributed by atoms with Gasteiger partial charge in [-0.1, -0.05) is 29.3 Å². The third kappa shape index (κ3) is 11.1. The Balaban J connectivity index is 0.000000104. The number of nitrogens with one attached hydrogen (secondary N) is 8. The van der Waals surface area contributed by atoms with Crippen LogP contribution >= 0.6 is 23.2 Å². The van der Waals surface area contributed by atoms with Crippen molar-refractivity contribution >= 4 is 157 Å². The molecule has 0 aliphatic rings. The number of rotatable bonds is 8. The SMILES string of the molecule is C[n+]1ccc2cc(Nc3n[nH]c4cccnc34)ccc2c1.Clc1c(Nc2n[nH]c3cccnc23)ccc2cnccc12.Clc1nccc2cc(Nc3n[nH]c4cccnc34)ccc12.c1cnc2c(Nc3ccc4cnccc4n3)n[nH]c2c1. The van der Waals surface area contributed by atoms with Gasteiger partial charge in [-0.3, -0.25) is 50.3 Å². The topological polar surface area (TPSA) is 270 Å². The first kappa shape index (κ1) is 51.2. The molecule has 0 radical (unpaired) electrons. The van der Waals surface area contributed by atoms with Crippen LogP contribution in [0, 0.1) is 0 Å². The predicted molar refractivity (Wildman–Crippen MR) is 327 cm³/mol. The van der Waals surface area contributed by atoms with E-state index in [-0.39, 0.29) is 0 Å². The molecule has 0 aliphatic heterocycles. The van der Waals surface area contributed by atoms with E-state index in [9.17, 15) is 0 Å². The lowest BCUT2D eigenvalue weighted by Crippen LogP contribution is -2.25. The number of aromatic amines is 4. The maximum atomic E-state index is 6.46. The lowest BCUT2D eigenvalue weighted by Gasteiger charge is -2.08. The Bertz CT molecular complexity index is 4980. The van der Waals surface area contributed by atoms with Crippen molar-refractivity contribution in [2.24, 2.45) is 7.05 Å². The number of aromatic nitrogens is 17. The Morgan fingerprint density at radius 3 is 1.58 bits per heavy atom. The van der Waals surface area contributed by atoms with E-state index in [1.165, 1.54) is 10.8 Å². The number of fused-ring (bicyclic) bond motifs is 8. The molecule has 3 aromatic carbocycles. The summed E-state index contributed by atoms with van der Waals surface area (Å²) in [7, 11) is 2.02. The Morgan fingerprint density at radius 2 is 0.952 bits per heavy atom. The molecule has 13 aromatic heterocycles. The van der Waals surface area contributed by atoms with Crippen molar-refractivity contribution in [1.29, 1.82) is 0 Å². The van der Waals surface area contributed by atoms with E-state index in [1.54, 1.807) is 55.8 Å². The molecule has 16 aromatic rings. The fourth-order valence-corrected chi connectivity index (χ4v) is 9.65. The standard InChI is InChI=1S/C16H13N5.2C15H10ClN5.C14H10N6/c1-21-8-6-11-9-13(5-4-12(11)10-21)18-16-15-14(19-20-16)3-2-7-17-15;16-14-11-4-3-10(8-9(11)5-7-18-14)19-15-13-12(20-21-15)2-1-6-17-13;16-13-10-5-7-17-8-9(10)3-4-11(13)19-15-14-12(20-21-15)2-1-6-18-14;1-2-11-13(16-6-1)14(20-19-11)18-12-4-3-9-8-15-7-5-10(9)17-12/h2-10H,1H3,(H,17,19,20);2*1-8H,(H2,19,20,21);1-8H,(H2,17,18,19,20)/p+1. The molecule has 0 spiro atoms. The van der Waals surface area contributed by atoms with Crippen molar-refractivity contribution in [2.45, 2.75) is 0 Å². The van der Waals surface area contributed by atoms with Gasteiger partial charge in [-0.05, 0) is 132 Å². The van der Waals surface area contributed by atoms with Crippen LogP contribution in [-0.4, -0.2) is 80.7 Å². The number of aryl methyl sites for hydroxylation is 1. The largest absolute Gasteiger partial charge is 0.337 e. The molecule has 13 heterocycles. The molecule has 0 bridgehead atoms. The first-order valence-corrected chi connectivity index (χ1v) is 26.5. The van der Waals surface area contributed by atoms with Crippen LogP contribution in [0.1, 0.15) is 0 Å². The summed E-state index contributed by atoms with van der Waals surface area (Å²) in [5.74, 6) is 3.49. The van der Waals surface area contributed by atoms with Crippen LogP contribution in [0.5, 0.6) is 0 Å². The molecular formula is C60H44Cl2N21+. The predicted octanol–water partition coefficient (Wildman–Crippen LogP) is 13.1. The lowest BCUT2D eigenvalue weighted by molar-refractivity contribution is -0.670. The van der Waals surface area contributed by atoms with Crippen molar-refractivity contribution in [3.8, 4) is 0 Å². The van der Waals surface area contributed by atoms with E-state index in [0.717, 1.165) is 105 Å². The van der Waals surface area contributed by atoms with E-state index in [1.807, 2.05) is 133 Å². The zero-order valence-electron chi connectivity index (χ0n) is 43.6. The summed E-state index contributed by atoms with van der Waals surface area (Å²) in [4.78, 5) is 34.1. The van der Waals surface area contributed by atoms with Gasteiger partial charge in [0.2, 0.25) is 0 Å². The van der Waals surface area contributed by atoms with E-state index in [0.29, 0.717) is 27.6 Å². The summed E-state index contributed by atoms with van der Waals surface area (Å²) in [6, 6.07) is 42.9. The fraction of sp³-hybridized carbons (Fsp3) is 0.0167. The second-order valence-corrected chi connectivity index (χ2v) is 19.4. The molecule has 0 amide bonds.